The fraction of sp³-hybridized carbons (Fsp3) is 0.950. The van der Waals surface area contributed by atoms with Gasteiger partial charge in [0.25, 0.3) is 0 Å². The molecule has 0 aliphatic heterocycles. The van der Waals surface area contributed by atoms with Crippen molar-refractivity contribution in [1.29, 1.82) is 0 Å². The number of esters is 4. The van der Waals surface area contributed by atoms with Crippen molar-refractivity contribution in [3.8, 4) is 0 Å². The second kappa shape index (κ2) is 71.7. The molecule has 0 radical (unpaired) electrons. The van der Waals surface area contributed by atoms with Crippen LogP contribution in [0.5, 0.6) is 0 Å². The average molecular weight is 1450 g/mol. The summed E-state index contributed by atoms with van der Waals surface area (Å²) in [4.78, 5) is 73.0. The Morgan fingerprint density at radius 1 is 0.273 bits per heavy atom. The maximum Gasteiger partial charge on any atom is 0.472 e. The smallest absolute Gasteiger partial charge is 0.462 e. The van der Waals surface area contributed by atoms with Crippen LogP contribution in [0.1, 0.15) is 420 Å². The van der Waals surface area contributed by atoms with Crippen molar-refractivity contribution >= 4 is 39.5 Å². The van der Waals surface area contributed by atoms with Crippen molar-refractivity contribution in [2.45, 2.75) is 439 Å². The van der Waals surface area contributed by atoms with Crippen LogP contribution in [0.3, 0.4) is 0 Å². The number of carbonyl (C=O) groups excluding carboxylic acids is 4. The third-order valence-corrected chi connectivity index (χ3v) is 20.6. The van der Waals surface area contributed by atoms with E-state index >= 15 is 0 Å². The lowest BCUT2D eigenvalue weighted by molar-refractivity contribution is -0.161. The molecule has 0 aromatic carbocycles. The topological polar surface area (TPSA) is 237 Å². The minimum Gasteiger partial charge on any atom is -0.462 e. The summed E-state index contributed by atoms with van der Waals surface area (Å²) in [5.41, 5.74) is 0. The van der Waals surface area contributed by atoms with Gasteiger partial charge in [0, 0.05) is 25.7 Å². The van der Waals surface area contributed by atoms with Crippen molar-refractivity contribution in [2.24, 2.45) is 11.8 Å². The minimum atomic E-state index is -4.96. The molecule has 3 N–H and O–H groups in total. The van der Waals surface area contributed by atoms with E-state index in [0.717, 1.165) is 102 Å². The van der Waals surface area contributed by atoms with E-state index in [4.69, 9.17) is 37.0 Å². The Hall–Kier alpha value is -1.94. The standard InChI is InChI=1S/C80H156O17P2/c1-7-9-11-13-15-17-19-21-22-23-24-27-30-34-37-44-50-56-62-77(82)90-68-75(96-80(85)65-59-53-47-39-35-31-28-25-26-29-32-36-42-48-54-60-72(3)4)70-94-98(86,87)92-66-74(81)67-93-99(88,89)95-71-76(69-91-78(83)63-57-51-45-41-40-43-49-55-61-73(5)6)97-79(84)64-58-52-46-38-33-20-18-16-14-12-10-8-2/h72-76,81H,7-71H2,1-6H3,(H,86,87)(H,88,89)/t74-,75-,76-/m1/s1. The van der Waals surface area contributed by atoms with Gasteiger partial charge < -0.3 is 33.8 Å². The second-order valence-electron chi connectivity index (χ2n) is 29.8. The Labute approximate surface area is 607 Å². The lowest BCUT2D eigenvalue weighted by Crippen LogP contribution is -2.30. The molecule has 17 nitrogen and oxygen atoms in total. The highest BCUT2D eigenvalue weighted by atomic mass is 31.2. The first kappa shape index (κ1) is 97.1. The summed E-state index contributed by atoms with van der Waals surface area (Å²) in [7, 11) is -9.92. The van der Waals surface area contributed by atoms with Gasteiger partial charge in [0.15, 0.2) is 12.2 Å². The summed E-state index contributed by atoms with van der Waals surface area (Å²) in [5.74, 6) is -0.580. The maximum absolute atomic E-state index is 13.1. The number of unbranched alkanes of at least 4 members (excludes halogenated alkanes) is 49. The third-order valence-electron chi connectivity index (χ3n) is 18.7. The fourth-order valence-corrected chi connectivity index (χ4v) is 13.9. The van der Waals surface area contributed by atoms with Crippen LogP contribution in [0, 0.1) is 11.8 Å². The molecule has 0 saturated heterocycles. The van der Waals surface area contributed by atoms with Crippen molar-refractivity contribution < 1.29 is 80.2 Å². The zero-order chi connectivity index (χ0) is 72.8. The molecule has 0 amide bonds. The van der Waals surface area contributed by atoms with E-state index in [9.17, 15) is 43.2 Å². The van der Waals surface area contributed by atoms with Crippen molar-refractivity contribution in [2.75, 3.05) is 39.6 Å². The van der Waals surface area contributed by atoms with Gasteiger partial charge in [-0.05, 0) is 37.5 Å². The molecule has 0 saturated carbocycles. The molecular formula is C80H156O17P2. The fourth-order valence-electron chi connectivity index (χ4n) is 12.4. The molecule has 5 atom stereocenters. The maximum atomic E-state index is 13.1. The minimum absolute atomic E-state index is 0.107. The summed E-state index contributed by atoms with van der Waals surface area (Å²) < 4.78 is 68.7. The van der Waals surface area contributed by atoms with Gasteiger partial charge in [-0.2, -0.15) is 0 Å². The van der Waals surface area contributed by atoms with Crippen LogP contribution in [0.2, 0.25) is 0 Å². The number of phosphoric acid groups is 2. The Bertz CT molecular complexity index is 1910. The highest BCUT2D eigenvalue weighted by Crippen LogP contribution is 2.45. The highest BCUT2D eigenvalue weighted by molar-refractivity contribution is 7.47. The predicted octanol–water partition coefficient (Wildman–Crippen LogP) is 23.9. The predicted molar refractivity (Wildman–Crippen MR) is 405 cm³/mol. The molecule has 19 heteroatoms. The van der Waals surface area contributed by atoms with E-state index in [1.807, 2.05) is 0 Å². The van der Waals surface area contributed by atoms with Gasteiger partial charge >= 0.3 is 39.5 Å². The van der Waals surface area contributed by atoms with E-state index in [-0.39, 0.29) is 25.7 Å². The van der Waals surface area contributed by atoms with Crippen LogP contribution in [0.15, 0.2) is 0 Å². The lowest BCUT2D eigenvalue weighted by Gasteiger charge is -2.21. The summed E-state index contributed by atoms with van der Waals surface area (Å²) in [6.07, 6.45) is 61.0. The van der Waals surface area contributed by atoms with Crippen LogP contribution >= 0.6 is 15.6 Å². The molecule has 2 unspecified atom stereocenters. The van der Waals surface area contributed by atoms with E-state index in [1.54, 1.807) is 0 Å². The van der Waals surface area contributed by atoms with Gasteiger partial charge in [-0.1, -0.05) is 369 Å². The van der Waals surface area contributed by atoms with Crippen LogP contribution < -0.4 is 0 Å². The number of aliphatic hydroxyl groups is 1. The number of aliphatic hydroxyl groups excluding tert-OH is 1. The molecule has 0 aromatic rings. The number of ether oxygens (including phenoxy) is 4. The number of hydrogen-bond donors (Lipinski definition) is 3. The Morgan fingerprint density at radius 3 is 0.687 bits per heavy atom. The van der Waals surface area contributed by atoms with Gasteiger partial charge in [0.05, 0.1) is 26.4 Å². The first-order chi connectivity index (χ1) is 47.9. The number of rotatable bonds is 79. The first-order valence-electron chi connectivity index (χ1n) is 41.5. The van der Waals surface area contributed by atoms with Crippen molar-refractivity contribution in [3.05, 3.63) is 0 Å². The lowest BCUT2D eigenvalue weighted by atomic mass is 10.0. The first-order valence-corrected chi connectivity index (χ1v) is 44.5. The number of phosphoric ester groups is 2. The molecule has 0 bridgehead atoms. The largest absolute Gasteiger partial charge is 0.472 e. The van der Waals surface area contributed by atoms with Crippen molar-refractivity contribution in [1.82, 2.24) is 0 Å². The van der Waals surface area contributed by atoms with Crippen molar-refractivity contribution in [3.63, 3.8) is 0 Å². The summed E-state index contributed by atoms with van der Waals surface area (Å²) >= 11 is 0. The van der Waals surface area contributed by atoms with E-state index in [2.05, 4.69) is 41.5 Å². The molecule has 0 heterocycles. The quantitative estimate of drug-likeness (QED) is 0.0222. The normalized spacial score (nSPS) is 13.9. The van der Waals surface area contributed by atoms with Crippen LogP contribution in [0.25, 0.3) is 0 Å². The highest BCUT2D eigenvalue weighted by Gasteiger charge is 2.30. The van der Waals surface area contributed by atoms with Gasteiger partial charge in [0.1, 0.15) is 19.3 Å². The number of carbonyl (C=O) groups is 4. The van der Waals surface area contributed by atoms with Gasteiger partial charge in [-0.15, -0.1) is 0 Å². The van der Waals surface area contributed by atoms with Gasteiger partial charge in [-0.3, -0.25) is 37.3 Å². The summed E-state index contributed by atoms with van der Waals surface area (Å²) in [6, 6.07) is 0. The van der Waals surface area contributed by atoms with Gasteiger partial charge in [0.2, 0.25) is 0 Å². The molecule has 588 valence electrons. The molecule has 0 aromatic heterocycles. The monoisotopic (exact) mass is 1450 g/mol. The second-order valence-corrected chi connectivity index (χ2v) is 32.7. The zero-order valence-corrected chi connectivity index (χ0v) is 66.6. The summed E-state index contributed by atoms with van der Waals surface area (Å²) in [6.45, 7) is 9.62. The molecular weight excluding hydrogens is 1290 g/mol. The van der Waals surface area contributed by atoms with E-state index < -0.39 is 97.5 Å². The number of hydrogen-bond acceptors (Lipinski definition) is 15. The van der Waals surface area contributed by atoms with Gasteiger partial charge in [-0.25, -0.2) is 9.13 Å². The molecule has 0 rings (SSSR count). The molecule has 0 aliphatic rings. The SMILES string of the molecule is CCCCCCCCCCCCCCCCCCCCC(=O)OC[C@H](COP(=O)(O)OC[C@@H](O)COP(=O)(O)OC[C@@H](COC(=O)CCCCCCCCCCC(C)C)OC(=O)CCCCCCCCCCCCCC)OC(=O)CCCCCCCCCCCCCCCCCC(C)C. The molecule has 99 heavy (non-hydrogen) atoms. The average Bonchev–Trinajstić information content (AvgIpc) is 1.01. The van der Waals surface area contributed by atoms with E-state index in [1.165, 1.54) is 238 Å². The molecule has 0 fully saturated rings. The Balaban J connectivity index is 5.24. The zero-order valence-electron chi connectivity index (χ0n) is 64.8. The van der Waals surface area contributed by atoms with E-state index in [0.29, 0.717) is 25.7 Å². The van der Waals surface area contributed by atoms with Crippen LogP contribution in [-0.4, -0.2) is 96.7 Å². The summed E-state index contributed by atoms with van der Waals surface area (Å²) in [5, 5.41) is 10.6. The Kier molecular flexibility index (Phi) is 70.3. The molecule has 0 aliphatic carbocycles. The Morgan fingerprint density at radius 2 is 0.465 bits per heavy atom. The third kappa shape index (κ3) is 74.1. The molecule has 0 spiro atoms. The van der Waals surface area contributed by atoms with Crippen LogP contribution in [-0.2, 0) is 65.4 Å². The van der Waals surface area contributed by atoms with Crippen LogP contribution in [0.4, 0.5) is 0 Å².